The van der Waals surface area contributed by atoms with E-state index in [4.69, 9.17) is 10.00 Å². The number of nitrogens with one attached hydrogen (secondary N) is 1. The Bertz CT molecular complexity index is 1170. The van der Waals surface area contributed by atoms with Gasteiger partial charge in [0, 0.05) is 7.05 Å². The lowest BCUT2D eigenvalue weighted by Gasteiger charge is -2.07. The van der Waals surface area contributed by atoms with Crippen LogP contribution < -0.4 is 10.9 Å². The van der Waals surface area contributed by atoms with E-state index in [1.165, 1.54) is 16.8 Å². The van der Waals surface area contributed by atoms with E-state index < -0.39 is 24.0 Å². The molecule has 1 amide bonds. The maximum absolute atomic E-state index is 12.8. The molecule has 0 saturated heterocycles. The number of anilines is 1. The molecule has 0 aliphatic rings. The second-order valence-electron chi connectivity index (χ2n) is 6.25. The third-order valence-electron chi connectivity index (χ3n) is 4.38. The van der Waals surface area contributed by atoms with Crippen LogP contribution in [-0.4, -0.2) is 27.8 Å². The fourth-order valence-corrected chi connectivity index (χ4v) is 2.82. The molecule has 3 rings (SSSR count). The quantitative estimate of drug-likeness (QED) is 0.672. The maximum Gasteiger partial charge on any atom is 0.338 e. The van der Waals surface area contributed by atoms with Gasteiger partial charge in [0.1, 0.15) is 5.69 Å². The summed E-state index contributed by atoms with van der Waals surface area (Å²) in [5.41, 5.74) is 1.42. The number of nitrogens with zero attached hydrogens (tertiary/aromatic N) is 3. The molecule has 0 radical (unpaired) electrons. The number of ether oxygens (including phenoxy) is 1. The number of aromatic nitrogens is 2. The van der Waals surface area contributed by atoms with Crippen LogP contribution in [0.3, 0.4) is 0 Å². The smallest absolute Gasteiger partial charge is 0.338 e. The molecule has 0 aliphatic carbocycles. The number of nitriles is 1. The lowest BCUT2D eigenvalue weighted by atomic mass is 10.1. The Morgan fingerprint density at radius 2 is 1.86 bits per heavy atom. The highest BCUT2D eigenvalue weighted by Gasteiger charge is 2.19. The van der Waals surface area contributed by atoms with Gasteiger partial charge in [0.2, 0.25) is 0 Å². The number of hydrogen-bond acceptors (Lipinski definition) is 5. The Labute approximate surface area is 166 Å². The van der Waals surface area contributed by atoms with Gasteiger partial charge in [-0.3, -0.25) is 14.3 Å². The fraction of sp³-hybridized carbons (Fsp3) is 0.143. The highest BCUT2D eigenvalue weighted by molar-refractivity contribution is 5.95. The summed E-state index contributed by atoms with van der Waals surface area (Å²) in [5, 5.41) is 11.4. The lowest BCUT2D eigenvalue weighted by molar-refractivity contribution is -0.119. The molecule has 1 heterocycles. The van der Waals surface area contributed by atoms with Crippen molar-refractivity contribution in [3.8, 4) is 11.8 Å². The Balaban J connectivity index is 1.72. The number of rotatable bonds is 5. The molecule has 146 valence electrons. The van der Waals surface area contributed by atoms with Gasteiger partial charge in [0.05, 0.1) is 28.6 Å². The first-order chi connectivity index (χ1) is 13.9. The van der Waals surface area contributed by atoms with Crippen LogP contribution in [0.4, 0.5) is 5.69 Å². The fourth-order valence-electron chi connectivity index (χ4n) is 2.82. The number of carbonyl (C=O) groups excluding carboxylic acids is 2. The van der Waals surface area contributed by atoms with E-state index in [1.807, 2.05) is 24.3 Å². The zero-order chi connectivity index (χ0) is 21.0. The van der Waals surface area contributed by atoms with Crippen molar-refractivity contribution in [1.82, 2.24) is 9.36 Å². The van der Waals surface area contributed by atoms with E-state index in [1.54, 1.807) is 42.9 Å². The van der Waals surface area contributed by atoms with Gasteiger partial charge in [-0.1, -0.05) is 24.3 Å². The van der Waals surface area contributed by atoms with Crippen LogP contribution in [0, 0.1) is 18.3 Å². The van der Waals surface area contributed by atoms with E-state index in [2.05, 4.69) is 5.32 Å². The lowest BCUT2D eigenvalue weighted by Crippen LogP contribution is -2.25. The molecule has 3 aromatic rings. The van der Waals surface area contributed by atoms with Crippen molar-refractivity contribution in [2.24, 2.45) is 7.05 Å². The molecule has 0 aliphatic heterocycles. The molecule has 0 fully saturated rings. The van der Waals surface area contributed by atoms with Crippen molar-refractivity contribution >= 4 is 17.6 Å². The molecular formula is C21H18N4O4. The topological polar surface area (TPSA) is 106 Å². The number of benzene rings is 2. The summed E-state index contributed by atoms with van der Waals surface area (Å²) in [7, 11) is 1.71. The molecule has 0 unspecified atom stereocenters. The van der Waals surface area contributed by atoms with Crippen molar-refractivity contribution < 1.29 is 14.3 Å². The van der Waals surface area contributed by atoms with Crippen LogP contribution in [-0.2, 0) is 16.6 Å². The summed E-state index contributed by atoms with van der Waals surface area (Å²) in [4.78, 5) is 37.1. The van der Waals surface area contributed by atoms with Gasteiger partial charge in [-0.15, -0.1) is 0 Å². The molecule has 0 saturated carbocycles. The SMILES string of the molecule is Cc1c(NC(=O)COC(=O)c2cccc(C#N)c2)c(=O)n(-c2ccccc2)n1C. The number of carbonyl (C=O) groups is 2. The second kappa shape index (κ2) is 8.27. The highest BCUT2D eigenvalue weighted by atomic mass is 16.5. The minimum Gasteiger partial charge on any atom is -0.452 e. The maximum atomic E-state index is 12.8. The normalized spacial score (nSPS) is 10.2. The van der Waals surface area contributed by atoms with Crippen molar-refractivity contribution in [2.75, 3.05) is 11.9 Å². The van der Waals surface area contributed by atoms with Crippen LogP contribution in [0.15, 0.2) is 59.4 Å². The summed E-state index contributed by atoms with van der Waals surface area (Å²) in [6, 6.07) is 16.9. The largest absolute Gasteiger partial charge is 0.452 e. The minimum atomic E-state index is -0.733. The predicted octanol–water partition coefficient (Wildman–Crippen LogP) is 2.15. The van der Waals surface area contributed by atoms with Gasteiger partial charge >= 0.3 is 5.97 Å². The van der Waals surface area contributed by atoms with E-state index in [9.17, 15) is 14.4 Å². The van der Waals surface area contributed by atoms with E-state index in [0.29, 0.717) is 16.9 Å². The zero-order valence-corrected chi connectivity index (χ0v) is 15.9. The van der Waals surface area contributed by atoms with Crippen LogP contribution in [0.5, 0.6) is 0 Å². The average molecular weight is 390 g/mol. The van der Waals surface area contributed by atoms with Crippen molar-refractivity contribution in [3.05, 3.63) is 81.8 Å². The monoisotopic (exact) mass is 390 g/mol. The van der Waals surface area contributed by atoms with Crippen molar-refractivity contribution in [2.45, 2.75) is 6.92 Å². The molecule has 8 nitrogen and oxygen atoms in total. The number of esters is 1. The van der Waals surface area contributed by atoms with Crippen molar-refractivity contribution in [1.29, 1.82) is 5.26 Å². The van der Waals surface area contributed by atoms with Crippen LogP contribution >= 0.6 is 0 Å². The summed E-state index contributed by atoms with van der Waals surface area (Å²) < 4.78 is 8.05. The minimum absolute atomic E-state index is 0.115. The van der Waals surface area contributed by atoms with Gasteiger partial charge in [-0.2, -0.15) is 5.26 Å². The second-order valence-corrected chi connectivity index (χ2v) is 6.25. The Hall–Kier alpha value is -4.12. The summed E-state index contributed by atoms with van der Waals surface area (Å²) in [6.07, 6.45) is 0. The van der Waals surface area contributed by atoms with Crippen molar-refractivity contribution in [3.63, 3.8) is 0 Å². The van der Waals surface area contributed by atoms with Gasteiger partial charge in [-0.25, -0.2) is 9.48 Å². The van der Waals surface area contributed by atoms with E-state index in [0.717, 1.165) is 0 Å². The molecule has 1 N–H and O–H groups in total. The Morgan fingerprint density at radius 1 is 1.14 bits per heavy atom. The predicted molar refractivity (Wildman–Crippen MR) is 106 cm³/mol. The third kappa shape index (κ3) is 4.09. The molecule has 1 aromatic heterocycles. The van der Waals surface area contributed by atoms with E-state index in [-0.39, 0.29) is 11.3 Å². The molecule has 0 bridgehead atoms. The summed E-state index contributed by atoms with van der Waals surface area (Å²) in [5.74, 6) is -1.37. The van der Waals surface area contributed by atoms with E-state index >= 15 is 0 Å². The number of amides is 1. The Kier molecular flexibility index (Phi) is 5.60. The third-order valence-corrected chi connectivity index (χ3v) is 4.38. The van der Waals surface area contributed by atoms with Crippen LogP contribution in [0.2, 0.25) is 0 Å². The van der Waals surface area contributed by atoms with Crippen LogP contribution in [0.1, 0.15) is 21.6 Å². The van der Waals surface area contributed by atoms with Gasteiger partial charge in [-0.05, 0) is 37.3 Å². The summed E-state index contributed by atoms with van der Waals surface area (Å²) in [6.45, 7) is 1.14. The summed E-state index contributed by atoms with van der Waals surface area (Å²) >= 11 is 0. The first kappa shape index (κ1) is 19.6. The number of para-hydroxylation sites is 1. The average Bonchev–Trinajstić information content (AvgIpc) is 2.95. The molecule has 0 atom stereocenters. The first-order valence-electron chi connectivity index (χ1n) is 8.73. The molecule has 8 heteroatoms. The standard InChI is InChI=1S/C21H18N4O4/c1-14-19(20(27)25(24(14)2)17-9-4-3-5-10-17)23-18(26)13-29-21(28)16-8-6-7-15(11-16)12-22/h3-11H,13H2,1-2H3,(H,23,26). The van der Waals surface area contributed by atoms with Crippen LogP contribution in [0.25, 0.3) is 5.69 Å². The first-order valence-corrected chi connectivity index (χ1v) is 8.73. The molecule has 2 aromatic carbocycles. The zero-order valence-electron chi connectivity index (χ0n) is 15.9. The van der Waals surface area contributed by atoms with Gasteiger partial charge in [0.25, 0.3) is 11.5 Å². The molecule has 0 spiro atoms. The highest BCUT2D eigenvalue weighted by Crippen LogP contribution is 2.14. The van der Waals surface area contributed by atoms with Gasteiger partial charge in [0.15, 0.2) is 6.61 Å². The Morgan fingerprint density at radius 3 is 2.55 bits per heavy atom. The molecular weight excluding hydrogens is 372 g/mol. The van der Waals surface area contributed by atoms with Gasteiger partial charge < -0.3 is 10.1 Å². The molecule has 29 heavy (non-hydrogen) atoms. The number of hydrogen-bond donors (Lipinski definition) is 1.